The van der Waals surface area contributed by atoms with Gasteiger partial charge in [-0.05, 0) is 37.8 Å². The minimum absolute atomic E-state index is 0.148. The van der Waals surface area contributed by atoms with Crippen LogP contribution < -0.4 is 4.90 Å². The number of nitrogens with zero attached hydrogens (tertiary/aromatic N) is 4. The highest BCUT2D eigenvalue weighted by molar-refractivity contribution is 5.56. The molecule has 2 fully saturated rings. The number of aliphatic hydroxyl groups excluding tert-OH is 1. The van der Waals surface area contributed by atoms with E-state index in [4.69, 9.17) is 9.72 Å². The quantitative estimate of drug-likeness (QED) is 0.715. The molecule has 7 heteroatoms. The van der Waals surface area contributed by atoms with Gasteiger partial charge in [0, 0.05) is 36.2 Å². The number of pyridine rings is 1. The Labute approximate surface area is 179 Å². The molecule has 0 aromatic carbocycles. The summed E-state index contributed by atoms with van der Waals surface area (Å²) in [6.07, 6.45) is 10.5. The van der Waals surface area contributed by atoms with E-state index in [9.17, 15) is 5.11 Å². The van der Waals surface area contributed by atoms with Gasteiger partial charge >= 0.3 is 0 Å². The number of piperidine rings is 1. The Morgan fingerprint density at radius 1 is 1.13 bits per heavy atom. The van der Waals surface area contributed by atoms with E-state index in [1.165, 1.54) is 32.1 Å². The monoisotopic (exact) mass is 413 g/mol. The van der Waals surface area contributed by atoms with Crippen molar-refractivity contribution in [2.75, 3.05) is 31.2 Å². The lowest BCUT2D eigenvalue weighted by atomic mass is 9.89. The summed E-state index contributed by atoms with van der Waals surface area (Å²) >= 11 is 0. The molecule has 2 N–H and O–H groups in total. The van der Waals surface area contributed by atoms with Crippen molar-refractivity contribution < 1.29 is 9.84 Å². The summed E-state index contributed by atoms with van der Waals surface area (Å²) in [4.78, 5) is 11.7. The number of hydrogen-bond acceptors (Lipinski definition) is 6. The number of nitrogens with one attached hydrogen (secondary N) is 1. The number of aromatic nitrogens is 4. The van der Waals surface area contributed by atoms with Gasteiger partial charge in [-0.25, -0.2) is 9.97 Å². The topological polar surface area (TPSA) is 87.2 Å². The van der Waals surface area contributed by atoms with Crippen LogP contribution in [0.1, 0.15) is 70.5 Å². The number of ether oxygens (including phenoxy) is 1. The molecule has 4 rings (SSSR count). The molecule has 3 heterocycles. The standard InChI is InChI=1S/C23H35N5O2/c1-23(2,15-29)16-30-19-10-12-28(13-11-19)20-9-8-18(14-24-20)22-25-21(26-27-22)17-6-4-3-5-7-17/h8-9,14,17,19,29H,3-7,10-13,15-16H2,1-2H3,(H,25,26,27). The lowest BCUT2D eigenvalue weighted by molar-refractivity contribution is -0.0261. The number of aromatic amines is 1. The second-order valence-corrected chi connectivity index (χ2v) is 9.60. The Morgan fingerprint density at radius 2 is 1.90 bits per heavy atom. The molecule has 2 aromatic rings. The molecule has 0 spiro atoms. The molecule has 0 unspecified atom stereocenters. The summed E-state index contributed by atoms with van der Waals surface area (Å²) in [5, 5.41) is 17.0. The number of aliphatic hydroxyl groups is 1. The number of hydrogen-bond donors (Lipinski definition) is 2. The predicted molar refractivity (Wildman–Crippen MR) is 117 cm³/mol. The minimum Gasteiger partial charge on any atom is -0.396 e. The first-order chi connectivity index (χ1) is 14.5. The van der Waals surface area contributed by atoms with Crippen molar-refractivity contribution in [3.05, 3.63) is 24.2 Å². The molecule has 0 amide bonds. The highest BCUT2D eigenvalue weighted by atomic mass is 16.5. The van der Waals surface area contributed by atoms with Crippen LogP contribution in [0.2, 0.25) is 0 Å². The maximum atomic E-state index is 9.38. The smallest absolute Gasteiger partial charge is 0.182 e. The largest absolute Gasteiger partial charge is 0.396 e. The molecule has 1 saturated heterocycles. The van der Waals surface area contributed by atoms with Crippen LogP contribution in [0.25, 0.3) is 11.4 Å². The van der Waals surface area contributed by atoms with Crippen molar-refractivity contribution in [2.45, 2.75) is 70.8 Å². The van der Waals surface area contributed by atoms with Crippen LogP contribution in [0.15, 0.2) is 18.3 Å². The highest BCUT2D eigenvalue weighted by Gasteiger charge is 2.24. The Balaban J connectivity index is 1.31. The van der Waals surface area contributed by atoms with E-state index in [0.29, 0.717) is 12.5 Å². The Morgan fingerprint density at radius 3 is 2.57 bits per heavy atom. The summed E-state index contributed by atoms with van der Waals surface area (Å²) < 4.78 is 6.02. The van der Waals surface area contributed by atoms with Crippen molar-refractivity contribution >= 4 is 5.82 Å². The van der Waals surface area contributed by atoms with Crippen molar-refractivity contribution in [3.63, 3.8) is 0 Å². The highest BCUT2D eigenvalue weighted by Crippen LogP contribution is 2.31. The molecule has 1 saturated carbocycles. The van der Waals surface area contributed by atoms with Crippen LogP contribution in [-0.2, 0) is 4.74 Å². The molecule has 7 nitrogen and oxygen atoms in total. The van der Waals surface area contributed by atoms with E-state index >= 15 is 0 Å². The van der Waals surface area contributed by atoms with E-state index in [-0.39, 0.29) is 18.1 Å². The molecule has 0 bridgehead atoms. The van der Waals surface area contributed by atoms with Crippen LogP contribution in [-0.4, -0.2) is 57.7 Å². The molecule has 30 heavy (non-hydrogen) atoms. The second-order valence-electron chi connectivity index (χ2n) is 9.60. The third-order valence-corrected chi connectivity index (χ3v) is 6.40. The first-order valence-electron chi connectivity index (χ1n) is 11.4. The van der Waals surface area contributed by atoms with Gasteiger partial charge in [-0.15, -0.1) is 0 Å². The summed E-state index contributed by atoms with van der Waals surface area (Å²) in [6, 6.07) is 4.14. The fourth-order valence-corrected chi connectivity index (χ4v) is 4.31. The molecular formula is C23H35N5O2. The van der Waals surface area contributed by atoms with Gasteiger partial charge in [0.05, 0.1) is 19.3 Å². The van der Waals surface area contributed by atoms with Gasteiger partial charge in [0.2, 0.25) is 0 Å². The van der Waals surface area contributed by atoms with Gasteiger partial charge in [0.25, 0.3) is 0 Å². The van der Waals surface area contributed by atoms with Gasteiger partial charge < -0.3 is 14.7 Å². The van der Waals surface area contributed by atoms with Gasteiger partial charge in [-0.2, -0.15) is 5.10 Å². The summed E-state index contributed by atoms with van der Waals surface area (Å²) in [7, 11) is 0. The van der Waals surface area contributed by atoms with Gasteiger partial charge in [0.1, 0.15) is 11.6 Å². The van der Waals surface area contributed by atoms with Crippen LogP contribution in [0, 0.1) is 5.41 Å². The lowest BCUT2D eigenvalue weighted by Gasteiger charge is -2.34. The summed E-state index contributed by atoms with van der Waals surface area (Å²) in [5.74, 6) is 3.29. The fraction of sp³-hybridized carbons (Fsp3) is 0.696. The molecule has 0 radical (unpaired) electrons. The first-order valence-corrected chi connectivity index (χ1v) is 11.4. The number of anilines is 1. The zero-order chi connectivity index (χ0) is 21.0. The number of rotatable bonds is 7. The van der Waals surface area contributed by atoms with Crippen LogP contribution in [0.3, 0.4) is 0 Å². The Hall–Kier alpha value is -1.99. The van der Waals surface area contributed by atoms with E-state index in [1.807, 2.05) is 20.0 Å². The minimum atomic E-state index is -0.175. The summed E-state index contributed by atoms with van der Waals surface area (Å²) in [6.45, 7) is 6.67. The van der Waals surface area contributed by atoms with Gasteiger partial charge in [-0.1, -0.05) is 33.1 Å². The van der Waals surface area contributed by atoms with Gasteiger partial charge in [0.15, 0.2) is 5.82 Å². The fourth-order valence-electron chi connectivity index (χ4n) is 4.31. The second kappa shape index (κ2) is 9.43. The predicted octanol–water partition coefficient (Wildman–Crippen LogP) is 3.92. The van der Waals surface area contributed by atoms with Crippen molar-refractivity contribution in [1.29, 1.82) is 0 Å². The molecule has 1 aliphatic carbocycles. The third-order valence-electron chi connectivity index (χ3n) is 6.40. The zero-order valence-electron chi connectivity index (χ0n) is 18.3. The molecular weight excluding hydrogens is 378 g/mol. The zero-order valence-corrected chi connectivity index (χ0v) is 18.3. The van der Waals surface area contributed by atoms with E-state index in [1.54, 1.807) is 0 Å². The maximum Gasteiger partial charge on any atom is 0.182 e. The Bertz CT molecular complexity index is 790. The third kappa shape index (κ3) is 5.19. The molecule has 0 atom stereocenters. The van der Waals surface area contributed by atoms with Gasteiger partial charge in [-0.3, -0.25) is 5.10 Å². The van der Waals surface area contributed by atoms with E-state index < -0.39 is 0 Å². The normalized spacial score (nSPS) is 19.4. The van der Waals surface area contributed by atoms with E-state index in [0.717, 1.165) is 49.0 Å². The molecule has 164 valence electrons. The first kappa shape index (κ1) is 21.2. The number of H-pyrrole nitrogens is 1. The van der Waals surface area contributed by atoms with Crippen molar-refractivity contribution in [3.8, 4) is 11.4 Å². The van der Waals surface area contributed by atoms with Crippen molar-refractivity contribution in [1.82, 2.24) is 20.2 Å². The molecule has 2 aromatic heterocycles. The maximum absolute atomic E-state index is 9.38. The lowest BCUT2D eigenvalue weighted by Crippen LogP contribution is -2.39. The van der Waals surface area contributed by atoms with Crippen LogP contribution >= 0.6 is 0 Å². The summed E-state index contributed by atoms with van der Waals surface area (Å²) in [5.41, 5.74) is 0.785. The van der Waals surface area contributed by atoms with Crippen molar-refractivity contribution in [2.24, 2.45) is 5.41 Å². The average molecular weight is 414 g/mol. The molecule has 1 aliphatic heterocycles. The van der Waals surface area contributed by atoms with Crippen LogP contribution in [0.5, 0.6) is 0 Å². The molecule has 2 aliphatic rings. The van der Waals surface area contributed by atoms with Crippen LogP contribution in [0.4, 0.5) is 5.82 Å². The Kier molecular flexibility index (Phi) is 6.68. The van der Waals surface area contributed by atoms with E-state index in [2.05, 4.69) is 32.2 Å². The SMILES string of the molecule is CC(C)(CO)COC1CCN(c2ccc(-c3n[nH]c(C4CCCCC4)n3)cn2)CC1. The average Bonchev–Trinajstić information content (AvgIpc) is 3.29.